The lowest BCUT2D eigenvalue weighted by Crippen LogP contribution is -2.21. The van der Waals surface area contributed by atoms with E-state index in [0.717, 1.165) is 4.47 Å². The molecule has 0 unspecified atom stereocenters. The van der Waals surface area contributed by atoms with Crippen molar-refractivity contribution in [1.82, 2.24) is 0 Å². The van der Waals surface area contributed by atoms with Crippen molar-refractivity contribution in [1.29, 1.82) is 0 Å². The number of hydrogen-bond acceptors (Lipinski definition) is 4. The minimum absolute atomic E-state index is 0.163. The third-order valence-electron chi connectivity index (χ3n) is 2.07. The second-order valence-corrected chi connectivity index (χ2v) is 4.13. The Morgan fingerprint density at radius 2 is 2.06 bits per heavy atom. The van der Waals surface area contributed by atoms with Gasteiger partial charge < -0.3 is 19.1 Å². The summed E-state index contributed by atoms with van der Waals surface area (Å²) in [5, 5.41) is 10.5. The number of benzene rings is 1. The van der Waals surface area contributed by atoms with Crippen LogP contribution >= 0.6 is 15.9 Å². The quantitative estimate of drug-likeness (QED) is 0.865. The van der Waals surface area contributed by atoms with Gasteiger partial charge in [-0.1, -0.05) is 12.1 Å². The van der Waals surface area contributed by atoms with Crippen molar-refractivity contribution in [3.05, 3.63) is 52.4 Å². The largest absolute Gasteiger partial charge is 0.542 e. The molecule has 0 aliphatic carbocycles. The van der Waals surface area contributed by atoms with Crippen LogP contribution in [0.5, 0.6) is 5.75 Å². The SMILES string of the molecule is O=C([O-])c1ccc(COc2ccccc2Br)o1. The maximum atomic E-state index is 10.5. The van der Waals surface area contributed by atoms with Crippen molar-refractivity contribution in [3.8, 4) is 5.75 Å². The Bertz CT molecular complexity index is 533. The molecule has 0 N–H and O–H groups in total. The van der Waals surface area contributed by atoms with Gasteiger partial charge >= 0.3 is 0 Å². The molecule has 1 aromatic carbocycles. The van der Waals surface area contributed by atoms with E-state index in [1.165, 1.54) is 6.07 Å². The summed E-state index contributed by atoms with van der Waals surface area (Å²) in [5.41, 5.74) is 0. The summed E-state index contributed by atoms with van der Waals surface area (Å²) >= 11 is 3.34. The summed E-state index contributed by atoms with van der Waals surface area (Å²) < 4.78 is 11.3. The molecule has 0 radical (unpaired) electrons. The monoisotopic (exact) mass is 295 g/mol. The van der Waals surface area contributed by atoms with E-state index in [1.807, 2.05) is 18.2 Å². The van der Waals surface area contributed by atoms with Crippen LogP contribution in [0, 0.1) is 0 Å². The fourth-order valence-corrected chi connectivity index (χ4v) is 1.68. The molecule has 0 atom stereocenters. The number of hydrogen-bond donors (Lipinski definition) is 0. The molecule has 17 heavy (non-hydrogen) atoms. The Morgan fingerprint density at radius 1 is 1.29 bits per heavy atom. The molecular formula is C12H8BrO4-. The molecule has 4 nitrogen and oxygen atoms in total. The standard InChI is InChI=1S/C12H9BrO4/c13-9-3-1-2-4-10(9)16-7-8-5-6-11(17-8)12(14)15/h1-6H,7H2,(H,14,15)/p-1. The molecule has 0 saturated heterocycles. The van der Waals surface area contributed by atoms with E-state index in [-0.39, 0.29) is 12.4 Å². The zero-order chi connectivity index (χ0) is 12.3. The minimum Gasteiger partial charge on any atom is -0.542 e. The fraction of sp³-hybridized carbons (Fsp3) is 0.0833. The molecule has 0 bridgehead atoms. The molecule has 2 rings (SSSR count). The van der Waals surface area contributed by atoms with Crippen LogP contribution in [-0.4, -0.2) is 5.97 Å². The highest BCUT2D eigenvalue weighted by atomic mass is 79.9. The second kappa shape index (κ2) is 5.05. The third kappa shape index (κ3) is 2.88. The number of rotatable bonds is 4. The van der Waals surface area contributed by atoms with E-state index >= 15 is 0 Å². The van der Waals surface area contributed by atoms with Crippen molar-refractivity contribution in [3.63, 3.8) is 0 Å². The van der Waals surface area contributed by atoms with Gasteiger partial charge in [-0.05, 0) is 40.2 Å². The number of furan rings is 1. The van der Waals surface area contributed by atoms with Crippen LogP contribution in [0.15, 0.2) is 45.3 Å². The highest BCUT2D eigenvalue weighted by Gasteiger charge is 2.05. The Balaban J connectivity index is 2.02. The lowest BCUT2D eigenvalue weighted by atomic mass is 10.3. The average Bonchev–Trinajstić information content (AvgIpc) is 2.77. The summed E-state index contributed by atoms with van der Waals surface area (Å²) in [6, 6.07) is 10.2. The first-order chi connectivity index (χ1) is 8.16. The van der Waals surface area contributed by atoms with Crippen LogP contribution in [0.3, 0.4) is 0 Å². The predicted molar refractivity (Wildman–Crippen MR) is 61.5 cm³/mol. The van der Waals surface area contributed by atoms with Crippen molar-refractivity contribution < 1.29 is 19.1 Å². The van der Waals surface area contributed by atoms with E-state index in [1.54, 1.807) is 12.1 Å². The van der Waals surface area contributed by atoms with Gasteiger partial charge in [-0.3, -0.25) is 0 Å². The zero-order valence-electron chi connectivity index (χ0n) is 8.68. The van der Waals surface area contributed by atoms with Crippen molar-refractivity contribution >= 4 is 21.9 Å². The highest BCUT2D eigenvalue weighted by Crippen LogP contribution is 2.24. The molecular weight excluding hydrogens is 288 g/mol. The number of carboxylic acid groups (broad SMARTS) is 1. The maximum absolute atomic E-state index is 10.5. The van der Waals surface area contributed by atoms with E-state index in [2.05, 4.69) is 15.9 Å². The average molecular weight is 296 g/mol. The van der Waals surface area contributed by atoms with Crippen LogP contribution in [0.1, 0.15) is 16.3 Å². The minimum atomic E-state index is -1.34. The molecule has 88 valence electrons. The molecule has 0 amide bonds. The first-order valence-corrected chi connectivity index (χ1v) is 5.63. The fourth-order valence-electron chi connectivity index (χ4n) is 1.28. The summed E-state index contributed by atoms with van der Waals surface area (Å²) in [6.07, 6.45) is 0. The molecule has 0 aliphatic rings. The maximum Gasteiger partial charge on any atom is 0.149 e. The number of para-hydroxylation sites is 1. The molecule has 0 spiro atoms. The lowest BCUT2D eigenvalue weighted by Gasteiger charge is -2.05. The number of halogens is 1. The van der Waals surface area contributed by atoms with Gasteiger partial charge in [-0.2, -0.15) is 0 Å². The van der Waals surface area contributed by atoms with E-state index in [9.17, 15) is 9.90 Å². The summed E-state index contributed by atoms with van der Waals surface area (Å²) in [4.78, 5) is 10.5. The molecule has 5 heteroatoms. The van der Waals surface area contributed by atoms with Crippen LogP contribution in [0.4, 0.5) is 0 Å². The smallest absolute Gasteiger partial charge is 0.149 e. The molecule has 2 aromatic rings. The van der Waals surface area contributed by atoms with Gasteiger partial charge in [0.2, 0.25) is 0 Å². The Hall–Kier alpha value is -1.75. The number of carbonyl (C=O) groups excluding carboxylic acids is 1. The van der Waals surface area contributed by atoms with E-state index in [4.69, 9.17) is 9.15 Å². The summed E-state index contributed by atoms with van der Waals surface area (Å²) in [7, 11) is 0. The number of aromatic carboxylic acids is 1. The van der Waals surface area contributed by atoms with Crippen LogP contribution in [0.25, 0.3) is 0 Å². The molecule has 1 heterocycles. The Morgan fingerprint density at radius 3 is 2.71 bits per heavy atom. The van der Waals surface area contributed by atoms with Crippen molar-refractivity contribution in [2.75, 3.05) is 0 Å². The highest BCUT2D eigenvalue weighted by molar-refractivity contribution is 9.10. The van der Waals surface area contributed by atoms with Crippen molar-refractivity contribution in [2.24, 2.45) is 0 Å². The predicted octanol–water partition coefficient (Wildman–Crippen LogP) is 1.98. The molecule has 0 saturated carbocycles. The Labute approximate surface area is 106 Å². The zero-order valence-corrected chi connectivity index (χ0v) is 10.3. The van der Waals surface area contributed by atoms with E-state index < -0.39 is 5.97 Å². The first kappa shape index (κ1) is 11.7. The summed E-state index contributed by atoms with van der Waals surface area (Å²) in [6.45, 7) is 0.163. The van der Waals surface area contributed by atoms with Gasteiger partial charge in [0, 0.05) is 0 Å². The second-order valence-electron chi connectivity index (χ2n) is 3.27. The lowest BCUT2D eigenvalue weighted by molar-refractivity contribution is -0.257. The van der Waals surface area contributed by atoms with Crippen LogP contribution < -0.4 is 9.84 Å². The number of ether oxygens (including phenoxy) is 1. The molecule has 0 aliphatic heterocycles. The van der Waals surface area contributed by atoms with Crippen molar-refractivity contribution in [2.45, 2.75) is 6.61 Å². The van der Waals surface area contributed by atoms with Gasteiger partial charge in [0.1, 0.15) is 29.8 Å². The van der Waals surface area contributed by atoms with Gasteiger partial charge in [0.05, 0.1) is 4.47 Å². The van der Waals surface area contributed by atoms with Crippen LogP contribution in [-0.2, 0) is 6.61 Å². The Kier molecular flexibility index (Phi) is 3.49. The van der Waals surface area contributed by atoms with Crippen LogP contribution in [0.2, 0.25) is 0 Å². The summed E-state index contributed by atoms with van der Waals surface area (Å²) in [5.74, 6) is -0.438. The molecule has 1 aromatic heterocycles. The number of carbonyl (C=O) groups is 1. The van der Waals surface area contributed by atoms with Gasteiger partial charge in [-0.15, -0.1) is 0 Å². The topological polar surface area (TPSA) is 62.5 Å². The number of carboxylic acids is 1. The normalized spacial score (nSPS) is 10.2. The third-order valence-corrected chi connectivity index (χ3v) is 2.72. The molecule has 0 fully saturated rings. The van der Waals surface area contributed by atoms with Gasteiger partial charge in [0.15, 0.2) is 0 Å². The first-order valence-electron chi connectivity index (χ1n) is 4.84. The van der Waals surface area contributed by atoms with Gasteiger partial charge in [-0.25, -0.2) is 0 Å². The van der Waals surface area contributed by atoms with Gasteiger partial charge in [0.25, 0.3) is 0 Å². The van der Waals surface area contributed by atoms with E-state index in [0.29, 0.717) is 11.5 Å².